The van der Waals surface area contributed by atoms with Gasteiger partial charge in [-0.25, -0.2) is 0 Å². The molecule has 0 unspecified atom stereocenters. The molecule has 0 aliphatic carbocycles. The van der Waals surface area contributed by atoms with Crippen LogP contribution in [0.4, 0.5) is 0 Å². The van der Waals surface area contributed by atoms with Crippen molar-refractivity contribution in [3.8, 4) is 5.75 Å². The predicted octanol–water partition coefficient (Wildman–Crippen LogP) is 4.74. The Morgan fingerprint density at radius 2 is 2.09 bits per heavy atom. The highest BCUT2D eigenvalue weighted by Crippen LogP contribution is 2.34. The highest BCUT2D eigenvalue weighted by Gasteiger charge is 2.33. The number of amides is 2. The molecule has 2 heterocycles. The number of methoxy groups -OCH3 is 1. The molecule has 180 valence electrons. The number of ether oxygens (including phenoxy) is 2. The summed E-state index contributed by atoms with van der Waals surface area (Å²) in [6.45, 7) is 7.66. The third-order valence-electron chi connectivity index (χ3n) is 5.88. The number of thiophene rings is 1. The molecule has 0 fully saturated rings. The van der Waals surface area contributed by atoms with E-state index in [2.05, 4.69) is 25.3 Å². The smallest absolute Gasteiger partial charge is 0.249 e. The average Bonchev–Trinajstić information content (AvgIpc) is 3.26. The summed E-state index contributed by atoms with van der Waals surface area (Å²) in [6.07, 6.45) is 1.65. The van der Waals surface area contributed by atoms with Gasteiger partial charge in [0.2, 0.25) is 11.8 Å². The minimum Gasteiger partial charge on any atom is -0.491 e. The third-order valence-corrected chi connectivity index (χ3v) is 7.30. The molecule has 6 nitrogen and oxygen atoms in total. The van der Waals surface area contributed by atoms with Crippen molar-refractivity contribution in [3.05, 3.63) is 50.7 Å². The Kier molecular flexibility index (Phi) is 9.18. The summed E-state index contributed by atoms with van der Waals surface area (Å²) in [4.78, 5) is 30.8. The van der Waals surface area contributed by atoms with E-state index in [1.165, 1.54) is 12.0 Å². The van der Waals surface area contributed by atoms with Crippen molar-refractivity contribution in [2.24, 2.45) is 5.92 Å². The van der Waals surface area contributed by atoms with Gasteiger partial charge in [0.15, 0.2) is 0 Å². The maximum Gasteiger partial charge on any atom is 0.249 e. The summed E-state index contributed by atoms with van der Waals surface area (Å²) in [7, 11) is 1.49. The largest absolute Gasteiger partial charge is 0.491 e. The fourth-order valence-electron chi connectivity index (χ4n) is 3.93. The van der Waals surface area contributed by atoms with Gasteiger partial charge in [0.05, 0.1) is 12.6 Å². The number of rotatable bonds is 10. The minimum atomic E-state index is -0.201. The van der Waals surface area contributed by atoms with Gasteiger partial charge in [-0.15, -0.1) is 11.3 Å². The molecule has 0 radical (unpaired) electrons. The van der Waals surface area contributed by atoms with E-state index in [1.54, 1.807) is 16.2 Å². The summed E-state index contributed by atoms with van der Waals surface area (Å²) >= 11 is 7.85. The van der Waals surface area contributed by atoms with Gasteiger partial charge < -0.3 is 19.3 Å². The number of carbonyl (C=O) groups excluding carboxylic acids is 2. The fraction of sp³-hybridized carbons (Fsp3) is 0.520. The molecule has 8 heteroatoms. The lowest BCUT2D eigenvalue weighted by Crippen LogP contribution is -2.48. The first-order chi connectivity index (χ1) is 15.8. The molecule has 0 saturated heterocycles. The summed E-state index contributed by atoms with van der Waals surface area (Å²) < 4.78 is 11.1. The second-order valence-corrected chi connectivity index (χ2v) is 10.2. The van der Waals surface area contributed by atoms with Gasteiger partial charge in [0.1, 0.15) is 19.0 Å². The van der Waals surface area contributed by atoms with E-state index in [0.717, 1.165) is 29.7 Å². The van der Waals surface area contributed by atoms with Crippen LogP contribution >= 0.6 is 22.9 Å². The summed E-state index contributed by atoms with van der Waals surface area (Å²) in [5, 5.41) is 2.76. The van der Waals surface area contributed by atoms with Crippen molar-refractivity contribution < 1.29 is 19.1 Å². The molecule has 0 spiro atoms. The topological polar surface area (TPSA) is 59.1 Å². The maximum atomic E-state index is 13.4. The first-order valence-corrected chi connectivity index (χ1v) is 12.6. The number of hydrogen-bond donors (Lipinski definition) is 0. The van der Waals surface area contributed by atoms with Crippen LogP contribution < -0.4 is 4.74 Å². The summed E-state index contributed by atoms with van der Waals surface area (Å²) in [5.41, 5.74) is 2.07. The molecule has 0 saturated carbocycles. The third kappa shape index (κ3) is 6.71. The molecule has 33 heavy (non-hydrogen) atoms. The lowest BCUT2D eigenvalue weighted by molar-refractivity contribution is -0.144. The Morgan fingerprint density at radius 3 is 2.79 bits per heavy atom. The minimum absolute atomic E-state index is 0.0253. The lowest BCUT2D eigenvalue weighted by atomic mass is 10.0. The van der Waals surface area contributed by atoms with Crippen molar-refractivity contribution in [1.82, 2.24) is 9.80 Å². The SMILES string of the molecule is COCC(=O)N(CCC(C)C)CC(=O)N1CCc2sccc2[C@H]1COc1ccc(Cl)c(C)c1. The zero-order chi connectivity index (χ0) is 24.0. The molecule has 2 aromatic rings. The lowest BCUT2D eigenvalue weighted by Gasteiger charge is -2.37. The van der Waals surface area contributed by atoms with Gasteiger partial charge >= 0.3 is 0 Å². The summed E-state index contributed by atoms with van der Waals surface area (Å²) in [6, 6.07) is 7.44. The van der Waals surface area contributed by atoms with Crippen LogP contribution in [0.15, 0.2) is 29.6 Å². The van der Waals surface area contributed by atoms with Gasteiger partial charge in [-0.1, -0.05) is 25.4 Å². The monoisotopic (exact) mass is 492 g/mol. The average molecular weight is 493 g/mol. The van der Waals surface area contributed by atoms with Crippen molar-refractivity contribution >= 4 is 34.8 Å². The van der Waals surface area contributed by atoms with Gasteiger partial charge in [-0.2, -0.15) is 0 Å². The van der Waals surface area contributed by atoms with Crippen molar-refractivity contribution in [3.63, 3.8) is 0 Å². The standard InChI is InChI=1S/C25H33ClN2O4S/c1-17(2)7-10-27(25(30)16-31-4)14-24(29)28-11-8-23-20(9-12-33-23)22(28)15-32-19-5-6-21(26)18(3)13-19/h5-6,9,12-13,17,22H,7-8,10-11,14-16H2,1-4H3/t22-/m1/s1. The first-order valence-electron chi connectivity index (χ1n) is 11.3. The summed E-state index contributed by atoms with van der Waals surface area (Å²) in [5.74, 6) is 0.927. The van der Waals surface area contributed by atoms with Gasteiger partial charge in [-0.05, 0) is 66.5 Å². The van der Waals surface area contributed by atoms with Gasteiger partial charge in [0, 0.05) is 30.1 Å². The van der Waals surface area contributed by atoms with Crippen LogP contribution in [0.25, 0.3) is 0 Å². The van der Waals surface area contributed by atoms with Crippen LogP contribution in [0.2, 0.25) is 5.02 Å². The Hall–Kier alpha value is -2.09. The number of carbonyl (C=O) groups is 2. The Bertz CT molecular complexity index is 962. The Morgan fingerprint density at radius 1 is 1.30 bits per heavy atom. The molecule has 1 aliphatic heterocycles. The highest BCUT2D eigenvalue weighted by atomic mass is 35.5. The molecule has 1 aromatic heterocycles. The van der Waals surface area contributed by atoms with Crippen LogP contribution in [-0.4, -0.2) is 61.6 Å². The van der Waals surface area contributed by atoms with E-state index in [4.69, 9.17) is 21.1 Å². The normalized spacial score (nSPS) is 15.5. The number of aryl methyl sites for hydroxylation is 1. The molecular formula is C25H33ClN2O4S. The van der Waals surface area contributed by atoms with Crippen LogP contribution in [0.1, 0.15) is 42.3 Å². The number of nitrogens with zero attached hydrogens (tertiary/aromatic N) is 2. The maximum absolute atomic E-state index is 13.4. The van der Waals surface area contributed by atoms with E-state index in [9.17, 15) is 9.59 Å². The van der Waals surface area contributed by atoms with Crippen LogP contribution in [0.5, 0.6) is 5.75 Å². The second kappa shape index (κ2) is 11.9. The molecule has 1 atom stereocenters. The van der Waals surface area contributed by atoms with Crippen molar-refractivity contribution in [2.75, 3.05) is 40.0 Å². The first kappa shape index (κ1) is 25.5. The van der Waals surface area contributed by atoms with Crippen LogP contribution in [0, 0.1) is 12.8 Å². The highest BCUT2D eigenvalue weighted by molar-refractivity contribution is 7.10. The van der Waals surface area contributed by atoms with E-state index in [0.29, 0.717) is 30.6 Å². The van der Waals surface area contributed by atoms with E-state index in [-0.39, 0.29) is 31.0 Å². The Labute approximate surface area is 205 Å². The zero-order valence-corrected chi connectivity index (χ0v) is 21.4. The van der Waals surface area contributed by atoms with Gasteiger partial charge in [-0.3, -0.25) is 9.59 Å². The van der Waals surface area contributed by atoms with Crippen molar-refractivity contribution in [2.45, 2.75) is 39.7 Å². The van der Waals surface area contributed by atoms with Crippen LogP contribution in [0.3, 0.4) is 0 Å². The molecule has 3 rings (SSSR count). The van der Waals surface area contributed by atoms with E-state index < -0.39 is 0 Å². The molecule has 1 aliphatic rings. The van der Waals surface area contributed by atoms with E-state index >= 15 is 0 Å². The molecule has 2 amide bonds. The number of fused-ring (bicyclic) bond motifs is 1. The van der Waals surface area contributed by atoms with Crippen molar-refractivity contribution in [1.29, 1.82) is 0 Å². The van der Waals surface area contributed by atoms with Crippen LogP contribution in [-0.2, 0) is 20.7 Å². The quantitative estimate of drug-likeness (QED) is 0.481. The predicted molar refractivity (Wildman–Crippen MR) is 132 cm³/mol. The zero-order valence-electron chi connectivity index (χ0n) is 19.8. The molecule has 0 N–H and O–H groups in total. The van der Waals surface area contributed by atoms with Gasteiger partial charge in [0.25, 0.3) is 0 Å². The molecule has 1 aromatic carbocycles. The molecular weight excluding hydrogens is 460 g/mol. The van der Waals surface area contributed by atoms with E-state index in [1.807, 2.05) is 30.0 Å². The Balaban J connectivity index is 1.75. The number of hydrogen-bond acceptors (Lipinski definition) is 5. The fourth-order valence-corrected chi connectivity index (χ4v) is 4.98. The second-order valence-electron chi connectivity index (χ2n) is 8.80. The molecule has 0 bridgehead atoms. The number of benzene rings is 1. The number of halogens is 1.